The third kappa shape index (κ3) is 1.79. The van der Waals surface area contributed by atoms with Crippen LogP contribution >= 0.6 is 27.3 Å². The van der Waals surface area contributed by atoms with Gasteiger partial charge < -0.3 is 0 Å². The number of hydrogen-bond donors (Lipinski definition) is 0. The SMILES string of the molecule is Cc1cn2c(C=O)c(-c3ccc(Br)cc3)nc2s1. The van der Waals surface area contributed by atoms with Crippen molar-refractivity contribution < 1.29 is 4.79 Å². The minimum absolute atomic E-state index is 0.608. The molecule has 0 saturated heterocycles. The number of aryl methyl sites for hydroxylation is 1. The Balaban J connectivity index is 2.25. The van der Waals surface area contributed by atoms with E-state index in [4.69, 9.17) is 0 Å². The number of carbonyl (C=O) groups excluding carboxylic acids is 1. The molecule has 2 heterocycles. The topological polar surface area (TPSA) is 34.4 Å². The first-order chi connectivity index (χ1) is 8.69. The minimum Gasteiger partial charge on any atom is -0.296 e. The van der Waals surface area contributed by atoms with E-state index in [2.05, 4.69) is 20.9 Å². The number of thiazole rings is 1. The van der Waals surface area contributed by atoms with Crippen LogP contribution in [-0.2, 0) is 0 Å². The maximum Gasteiger partial charge on any atom is 0.195 e. The number of imidazole rings is 1. The van der Waals surface area contributed by atoms with Crippen LogP contribution in [0.1, 0.15) is 15.4 Å². The summed E-state index contributed by atoms with van der Waals surface area (Å²) in [6.07, 6.45) is 2.81. The van der Waals surface area contributed by atoms with Crippen LogP contribution < -0.4 is 0 Å². The number of hydrogen-bond acceptors (Lipinski definition) is 3. The molecule has 1 aromatic carbocycles. The van der Waals surface area contributed by atoms with Crippen molar-refractivity contribution in [1.82, 2.24) is 9.38 Å². The average molecular weight is 321 g/mol. The Morgan fingerprint density at radius 1 is 1.33 bits per heavy atom. The fourth-order valence-electron chi connectivity index (χ4n) is 1.91. The van der Waals surface area contributed by atoms with Crippen LogP contribution in [0.4, 0.5) is 0 Å². The zero-order chi connectivity index (χ0) is 12.7. The lowest BCUT2D eigenvalue weighted by molar-refractivity contribution is 0.111. The Hall–Kier alpha value is -1.46. The molecule has 0 unspecified atom stereocenters. The van der Waals surface area contributed by atoms with Gasteiger partial charge in [-0.1, -0.05) is 28.1 Å². The minimum atomic E-state index is 0.608. The van der Waals surface area contributed by atoms with Crippen LogP contribution in [0, 0.1) is 6.92 Å². The molecule has 5 heteroatoms. The van der Waals surface area contributed by atoms with E-state index >= 15 is 0 Å². The third-order valence-corrected chi connectivity index (χ3v) is 4.13. The molecule has 0 bridgehead atoms. The number of rotatable bonds is 2. The van der Waals surface area contributed by atoms with Gasteiger partial charge in [-0.2, -0.15) is 0 Å². The highest BCUT2D eigenvalue weighted by Gasteiger charge is 2.14. The molecule has 0 N–H and O–H groups in total. The van der Waals surface area contributed by atoms with Gasteiger partial charge in [-0.25, -0.2) is 4.98 Å². The van der Waals surface area contributed by atoms with E-state index < -0.39 is 0 Å². The quantitative estimate of drug-likeness (QED) is 0.670. The second-order valence-electron chi connectivity index (χ2n) is 3.96. The number of halogens is 1. The van der Waals surface area contributed by atoms with Crippen molar-refractivity contribution in [2.75, 3.05) is 0 Å². The van der Waals surface area contributed by atoms with Gasteiger partial charge in [0.15, 0.2) is 11.2 Å². The highest BCUT2D eigenvalue weighted by atomic mass is 79.9. The average Bonchev–Trinajstić information content (AvgIpc) is 2.85. The van der Waals surface area contributed by atoms with Crippen molar-refractivity contribution in [2.24, 2.45) is 0 Å². The van der Waals surface area contributed by atoms with Crippen molar-refractivity contribution in [3.05, 3.63) is 45.5 Å². The lowest BCUT2D eigenvalue weighted by atomic mass is 10.1. The van der Waals surface area contributed by atoms with E-state index in [1.807, 2.05) is 41.8 Å². The van der Waals surface area contributed by atoms with E-state index in [9.17, 15) is 4.79 Å². The maximum atomic E-state index is 11.3. The van der Waals surface area contributed by atoms with Crippen LogP contribution in [0.3, 0.4) is 0 Å². The lowest BCUT2D eigenvalue weighted by Gasteiger charge is -1.98. The smallest absolute Gasteiger partial charge is 0.195 e. The van der Waals surface area contributed by atoms with Gasteiger partial charge in [0.05, 0.1) is 0 Å². The van der Waals surface area contributed by atoms with Gasteiger partial charge in [-0.3, -0.25) is 9.20 Å². The Labute approximate surface area is 116 Å². The molecule has 0 aliphatic heterocycles. The van der Waals surface area contributed by atoms with E-state index in [1.165, 1.54) is 0 Å². The molecule has 0 aliphatic carbocycles. The first kappa shape index (κ1) is 11.6. The predicted octanol–water partition coefficient (Wildman–Crippen LogP) is 3.95. The molecule has 0 radical (unpaired) electrons. The summed E-state index contributed by atoms with van der Waals surface area (Å²) in [6, 6.07) is 7.80. The number of aromatic nitrogens is 2. The van der Waals surface area contributed by atoms with Gasteiger partial charge >= 0.3 is 0 Å². The zero-order valence-electron chi connectivity index (χ0n) is 9.55. The lowest BCUT2D eigenvalue weighted by Crippen LogP contribution is -1.90. The van der Waals surface area contributed by atoms with E-state index in [0.717, 1.165) is 31.9 Å². The number of carbonyl (C=O) groups is 1. The molecule has 0 atom stereocenters. The van der Waals surface area contributed by atoms with Crippen LogP contribution in [0.2, 0.25) is 0 Å². The van der Waals surface area contributed by atoms with Gasteiger partial charge in [0.25, 0.3) is 0 Å². The summed E-state index contributed by atoms with van der Waals surface area (Å²) in [5.74, 6) is 0. The van der Waals surface area contributed by atoms with Crippen LogP contribution in [-0.4, -0.2) is 15.7 Å². The molecular weight excluding hydrogens is 312 g/mol. The predicted molar refractivity (Wildman–Crippen MR) is 76.3 cm³/mol. The standard InChI is InChI=1S/C13H9BrN2OS/c1-8-6-16-11(7-17)12(15-13(16)18-8)9-2-4-10(14)5-3-9/h2-7H,1H3. The number of benzene rings is 1. The van der Waals surface area contributed by atoms with Gasteiger partial charge in [-0.15, -0.1) is 11.3 Å². The van der Waals surface area contributed by atoms with Crippen molar-refractivity contribution in [3.8, 4) is 11.3 Å². The fraction of sp³-hybridized carbons (Fsp3) is 0.0769. The Kier molecular flexibility index (Phi) is 2.80. The van der Waals surface area contributed by atoms with E-state index in [0.29, 0.717) is 5.69 Å². The summed E-state index contributed by atoms with van der Waals surface area (Å²) in [6.45, 7) is 2.01. The second kappa shape index (κ2) is 4.33. The number of nitrogens with zero attached hydrogens (tertiary/aromatic N) is 2. The molecule has 0 saturated carbocycles. The van der Waals surface area contributed by atoms with Crippen molar-refractivity contribution >= 4 is 38.5 Å². The van der Waals surface area contributed by atoms with Crippen molar-refractivity contribution in [3.63, 3.8) is 0 Å². The van der Waals surface area contributed by atoms with Crippen LogP contribution in [0.25, 0.3) is 16.2 Å². The second-order valence-corrected chi connectivity index (χ2v) is 6.09. The summed E-state index contributed by atoms with van der Waals surface area (Å²) in [4.78, 5) is 17.8. The van der Waals surface area contributed by atoms with Gasteiger partial charge in [0.1, 0.15) is 11.4 Å². The first-order valence-electron chi connectivity index (χ1n) is 5.38. The largest absolute Gasteiger partial charge is 0.296 e. The summed E-state index contributed by atoms with van der Waals surface area (Å²) in [5.41, 5.74) is 2.30. The molecular formula is C13H9BrN2OS. The summed E-state index contributed by atoms with van der Waals surface area (Å²) in [5, 5.41) is 0. The normalized spacial score (nSPS) is 11.0. The van der Waals surface area contributed by atoms with Gasteiger partial charge in [0, 0.05) is 21.1 Å². The Morgan fingerprint density at radius 2 is 2.06 bits per heavy atom. The molecule has 3 aromatic rings. The molecule has 0 amide bonds. The van der Waals surface area contributed by atoms with Gasteiger partial charge in [-0.05, 0) is 19.1 Å². The van der Waals surface area contributed by atoms with E-state index in [1.54, 1.807) is 11.3 Å². The maximum absolute atomic E-state index is 11.3. The van der Waals surface area contributed by atoms with Crippen molar-refractivity contribution in [2.45, 2.75) is 6.92 Å². The first-order valence-corrected chi connectivity index (χ1v) is 6.99. The number of fused-ring (bicyclic) bond motifs is 1. The van der Waals surface area contributed by atoms with Crippen molar-refractivity contribution in [1.29, 1.82) is 0 Å². The van der Waals surface area contributed by atoms with Gasteiger partial charge in [0.2, 0.25) is 0 Å². The molecule has 18 heavy (non-hydrogen) atoms. The Morgan fingerprint density at radius 3 is 2.72 bits per heavy atom. The Bertz CT molecular complexity index is 727. The zero-order valence-corrected chi connectivity index (χ0v) is 12.0. The van der Waals surface area contributed by atoms with Crippen LogP contribution in [0.15, 0.2) is 34.9 Å². The summed E-state index contributed by atoms with van der Waals surface area (Å²) < 4.78 is 2.86. The molecule has 2 aromatic heterocycles. The highest BCUT2D eigenvalue weighted by molar-refractivity contribution is 9.10. The third-order valence-electron chi connectivity index (χ3n) is 2.71. The highest BCUT2D eigenvalue weighted by Crippen LogP contribution is 2.28. The molecule has 0 fully saturated rings. The number of aldehydes is 1. The summed E-state index contributed by atoms with van der Waals surface area (Å²) >= 11 is 4.98. The molecule has 3 rings (SSSR count). The summed E-state index contributed by atoms with van der Waals surface area (Å²) in [7, 11) is 0. The molecule has 90 valence electrons. The molecule has 0 aliphatic rings. The molecule has 0 spiro atoms. The molecule has 3 nitrogen and oxygen atoms in total. The fourth-order valence-corrected chi connectivity index (χ4v) is 3.00. The van der Waals surface area contributed by atoms with Crippen LogP contribution in [0.5, 0.6) is 0 Å². The monoisotopic (exact) mass is 320 g/mol. The van der Waals surface area contributed by atoms with E-state index in [-0.39, 0.29) is 0 Å².